The van der Waals surface area contributed by atoms with Gasteiger partial charge in [0, 0.05) is 12.1 Å². The quantitative estimate of drug-likeness (QED) is 0.347. The first-order valence-electron chi connectivity index (χ1n) is 11.2. The molecule has 2 amide bonds. The number of carbonyl (C=O) groups is 2. The molecule has 2 aromatic carbocycles. The highest BCUT2D eigenvalue weighted by molar-refractivity contribution is 6.03. The molecule has 2 heterocycles. The van der Waals surface area contributed by atoms with Crippen LogP contribution in [0.25, 0.3) is 0 Å². The van der Waals surface area contributed by atoms with Gasteiger partial charge >= 0.3 is 0 Å². The molecular weight excluding hydrogens is 464 g/mol. The van der Waals surface area contributed by atoms with Crippen LogP contribution in [0.5, 0.6) is 11.5 Å². The van der Waals surface area contributed by atoms with Crippen molar-refractivity contribution >= 4 is 17.8 Å². The van der Waals surface area contributed by atoms with Gasteiger partial charge < -0.3 is 19.3 Å². The van der Waals surface area contributed by atoms with Crippen molar-refractivity contribution in [1.29, 1.82) is 0 Å². The number of benzene rings is 2. The molecule has 2 aromatic heterocycles. The molecule has 0 atom stereocenters. The predicted octanol–water partition coefficient (Wildman–Crippen LogP) is 3.04. The van der Waals surface area contributed by atoms with Crippen molar-refractivity contribution in [3.63, 3.8) is 0 Å². The van der Waals surface area contributed by atoms with E-state index in [1.54, 1.807) is 18.2 Å². The van der Waals surface area contributed by atoms with Crippen LogP contribution in [0.1, 0.15) is 32.9 Å². The van der Waals surface area contributed by atoms with Gasteiger partial charge in [-0.15, -0.1) is 5.10 Å². The second kappa shape index (κ2) is 11.2. The van der Waals surface area contributed by atoms with Crippen LogP contribution in [0.15, 0.2) is 59.4 Å². The van der Waals surface area contributed by atoms with Crippen LogP contribution in [0.3, 0.4) is 0 Å². The zero-order chi connectivity index (χ0) is 25.5. The van der Waals surface area contributed by atoms with Gasteiger partial charge in [-0.3, -0.25) is 14.9 Å². The smallest absolute Gasteiger partial charge is 0.258 e. The number of aryl methyl sites for hydroxylation is 2. The zero-order valence-corrected chi connectivity index (χ0v) is 20.1. The molecule has 2 N–H and O–H groups in total. The second-order valence-electron chi connectivity index (χ2n) is 7.94. The van der Waals surface area contributed by atoms with Crippen LogP contribution in [0, 0.1) is 13.8 Å². The molecule has 0 aliphatic carbocycles. The van der Waals surface area contributed by atoms with Gasteiger partial charge in [-0.1, -0.05) is 35.5 Å². The molecule has 0 fully saturated rings. The Morgan fingerprint density at radius 3 is 2.61 bits per heavy atom. The van der Waals surface area contributed by atoms with E-state index in [0.29, 0.717) is 29.4 Å². The summed E-state index contributed by atoms with van der Waals surface area (Å²) in [5.74, 6) is 0.966. The number of nitrogens with one attached hydrogen (secondary N) is 2. The number of nitrogens with zero attached hydrogens (tertiary/aromatic N) is 4. The summed E-state index contributed by atoms with van der Waals surface area (Å²) < 4.78 is 17.7. The van der Waals surface area contributed by atoms with Crippen LogP contribution in [-0.4, -0.2) is 38.8 Å². The standard InChI is InChI=1S/C25H26N6O5/c1-16-20(17(2)36-30-16)14-35-21-10-9-19(11-22(21)34-3)24(33)28-25-27-15-31(29-25)13-23(32)26-12-18-7-5-4-6-8-18/h4-11,15H,12-14H2,1-3H3,(H,26,32)(H,28,29,33). The fourth-order valence-corrected chi connectivity index (χ4v) is 3.39. The average molecular weight is 491 g/mol. The minimum atomic E-state index is -0.433. The summed E-state index contributed by atoms with van der Waals surface area (Å²) in [6, 6.07) is 14.4. The number of hydrogen-bond donors (Lipinski definition) is 2. The van der Waals surface area contributed by atoms with Crippen molar-refractivity contribution in [2.75, 3.05) is 12.4 Å². The maximum atomic E-state index is 12.7. The number of ether oxygens (including phenoxy) is 2. The number of aromatic nitrogens is 4. The monoisotopic (exact) mass is 490 g/mol. The lowest BCUT2D eigenvalue weighted by molar-refractivity contribution is -0.122. The van der Waals surface area contributed by atoms with E-state index in [2.05, 4.69) is 25.9 Å². The molecule has 0 radical (unpaired) electrons. The van der Waals surface area contributed by atoms with Crippen molar-refractivity contribution in [1.82, 2.24) is 25.2 Å². The predicted molar refractivity (Wildman–Crippen MR) is 130 cm³/mol. The Hall–Kier alpha value is -4.67. The topological polar surface area (TPSA) is 133 Å². The molecule has 0 saturated carbocycles. The van der Waals surface area contributed by atoms with E-state index < -0.39 is 5.91 Å². The maximum Gasteiger partial charge on any atom is 0.258 e. The summed E-state index contributed by atoms with van der Waals surface area (Å²) in [4.78, 5) is 29.0. The van der Waals surface area contributed by atoms with Gasteiger partial charge in [-0.05, 0) is 37.6 Å². The van der Waals surface area contributed by atoms with Crippen molar-refractivity contribution in [2.24, 2.45) is 0 Å². The normalized spacial score (nSPS) is 10.6. The molecular formula is C25H26N6O5. The van der Waals surface area contributed by atoms with E-state index in [-0.39, 0.29) is 25.0 Å². The number of hydrogen-bond acceptors (Lipinski definition) is 8. The van der Waals surface area contributed by atoms with Crippen molar-refractivity contribution in [3.8, 4) is 11.5 Å². The fourth-order valence-electron chi connectivity index (χ4n) is 3.39. The van der Waals surface area contributed by atoms with Crippen LogP contribution in [-0.2, 0) is 24.5 Å². The van der Waals surface area contributed by atoms with Gasteiger partial charge in [0.1, 0.15) is 25.2 Å². The maximum absolute atomic E-state index is 12.7. The van der Waals surface area contributed by atoms with E-state index in [0.717, 1.165) is 16.8 Å². The van der Waals surface area contributed by atoms with Crippen LogP contribution >= 0.6 is 0 Å². The van der Waals surface area contributed by atoms with Crippen molar-refractivity contribution in [3.05, 3.63) is 83.0 Å². The Balaban J connectivity index is 1.33. The highest BCUT2D eigenvalue weighted by Crippen LogP contribution is 2.29. The molecule has 0 aliphatic heterocycles. The number of methoxy groups -OCH3 is 1. The minimum Gasteiger partial charge on any atom is -0.493 e. The van der Waals surface area contributed by atoms with Gasteiger partial charge in [-0.2, -0.15) is 0 Å². The van der Waals surface area contributed by atoms with Gasteiger partial charge in [-0.25, -0.2) is 9.67 Å². The molecule has 0 saturated heterocycles. The molecule has 11 heteroatoms. The Labute approximate surface area is 207 Å². The van der Waals surface area contributed by atoms with E-state index in [1.807, 2.05) is 44.2 Å². The summed E-state index contributed by atoms with van der Waals surface area (Å²) >= 11 is 0. The third-order valence-corrected chi connectivity index (χ3v) is 5.38. The Morgan fingerprint density at radius 2 is 1.89 bits per heavy atom. The summed E-state index contributed by atoms with van der Waals surface area (Å²) in [6.45, 7) is 4.30. The lowest BCUT2D eigenvalue weighted by atomic mass is 10.2. The molecule has 11 nitrogen and oxygen atoms in total. The fraction of sp³-hybridized carbons (Fsp3) is 0.240. The van der Waals surface area contributed by atoms with Gasteiger partial charge in [0.2, 0.25) is 11.9 Å². The molecule has 0 aliphatic rings. The highest BCUT2D eigenvalue weighted by atomic mass is 16.5. The number of amides is 2. The lowest BCUT2D eigenvalue weighted by Gasteiger charge is -2.12. The summed E-state index contributed by atoms with van der Waals surface area (Å²) in [6.07, 6.45) is 1.38. The Kier molecular flexibility index (Phi) is 7.59. The molecule has 0 unspecified atom stereocenters. The third-order valence-electron chi connectivity index (χ3n) is 5.38. The number of anilines is 1. The van der Waals surface area contributed by atoms with Crippen molar-refractivity contribution in [2.45, 2.75) is 33.5 Å². The minimum absolute atomic E-state index is 0.0271. The Morgan fingerprint density at radius 1 is 1.08 bits per heavy atom. The number of carbonyl (C=O) groups excluding carboxylic acids is 2. The van der Waals surface area contributed by atoms with E-state index in [1.165, 1.54) is 18.1 Å². The first kappa shape index (κ1) is 24.5. The Bertz CT molecular complexity index is 1330. The third kappa shape index (κ3) is 6.06. The summed E-state index contributed by atoms with van der Waals surface area (Å²) in [5, 5.41) is 13.5. The van der Waals surface area contributed by atoms with Crippen LogP contribution < -0.4 is 20.1 Å². The molecule has 4 aromatic rings. The zero-order valence-electron chi connectivity index (χ0n) is 20.1. The van der Waals surface area contributed by atoms with E-state index in [9.17, 15) is 9.59 Å². The largest absolute Gasteiger partial charge is 0.493 e. The van der Waals surface area contributed by atoms with Gasteiger partial charge in [0.15, 0.2) is 11.5 Å². The van der Waals surface area contributed by atoms with Crippen molar-refractivity contribution < 1.29 is 23.6 Å². The summed E-state index contributed by atoms with van der Waals surface area (Å²) in [5.41, 5.74) is 2.93. The van der Waals surface area contributed by atoms with Crippen LogP contribution in [0.4, 0.5) is 5.95 Å². The van der Waals surface area contributed by atoms with E-state index >= 15 is 0 Å². The lowest BCUT2D eigenvalue weighted by Crippen LogP contribution is -2.27. The average Bonchev–Trinajstić information content (AvgIpc) is 3.46. The molecule has 0 bridgehead atoms. The van der Waals surface area contributed by atoms with Crippen LogP contribution in [0.2, 0.25) is 0 Å². The van der Waals surface area contributed by atoms with Gasteiger partial charge in [0.05, 0.1) is 18.4 Å². The first-order valence-corrected chi connectivity index (χ1v) is 11.2. The second-order valence-corrected chi connectivity index (χ2v) is 7.94. The molecule has 186 valence electrons. The number of rotatable bonds is 10. The highest BCUT2D eigenvalue weighted by Gasteiger charge is 2.16. The van der Waals surface area contributed by atoms with E-state index in [4.69, 9.17) is 14.0 Å². The summed E-state index contributed by atoms with van der Waals surface area (Å²) in [7, 11) is 1.49. The molecule has 36 heavy (non-hydrogen) atoms. The molecule has 0 spiro atoms. The molecule has 4 rings (SSSR count). The first-order chi connectivity index (χ1) is 17.4. The SMILES string of the molecule is COc1cc(C(=O)Nc2ncn(CC(=O)NCc3ccccc3)n2)ccc1OCc1c(C)noc1C. The van der Waals surface area contributed by atoms with Gasteiger partial charge in [0.25, 0.3) is 5.91 Å².